The maximum absolute atomic E-state index is 12.6. The second kappa shape index (κ2) is 4.49. The molecule has 0 spiro atoms. The minimum Gasteiger partial charge on any atom is -0.333 e. The van der Waals surface area contributed by atoms with Gasteiger partial charge in [0.15, 0.2) is 0 Å². The lowest BCUT2D eigenvalue weighted by Crippen LogP contribution is -2.50. The maximum Gasteiger partial charge on any atom is 0.254 e. The molecule has 2 unspecified atom stereocenters. The smallest absolute Gasteiger partial charge is 0.254 e. The van der Waals surface area contributed by atoms with Gasteiger partial charge < -0.3 is 15.2 Å². The zero-order chi connectivity index (χ0) is 13.6. The molecule has 2 aliphatic heterocycles. The third-order valence-electron chi connectivity index (χ3n) is 4.36. The molecule has 19 heavy (non-hydrogen) atoms. The van der Waals surface area contributed by atoms with Gasteiger partial charge in [0, 0.05) is 43.0 Å². The van der Waals surface area contributed by atoms with E-state index in [4.69, 9.17) is 5.73 Å². The van der Waals surface area contributed by atoms with E-state index in [0.717, 1.165) is 25.7 Å². The van der Waals surface area contributed by atoms with Crippen LogP contribution in [0.4, 0.5) is 0 Å². The van der Waals surface area contributed by atoms with Crippen molar-refractivity contribution in [2.45, 2.75) is 43.8 Å². The minimum absolute atomic E-state index is 0.0166. The monoisotopic (exact) mass is 261 g/mol. The number of fused-ring (bicyclic) bond motifs is 2. The predicted molar refractivity (Wildman–Crippen MR) is 71.9 cm³/mol. The van der Waals surface area contributed by atoms with E-state index >= 15 is 0 Å². The third kappa shape index (κ3) is 2.08. The number of carbonyl (C=O) groups excluding carboxylic acids is 1. The summed E-state index contributed by atoms with van der Waals surface area (Å²) < 4.78 is 1.47. The van der Waals surface area contributed by atoms with Gasteiger partial charge in [0.1, 0.15) is 0 Å². The van der Waals surface area contributed by atoms with Crippen LogP contribution in [-0.2, 0) is 7.05 Å². The van der Waals surface area contributed by atoms with Gasteiger partial charge in [-0.25, -0.2) is 0 Å². The molecule has 1 aromatic rings. The van der Waals surface area contributed by atoms with Crippen molar-refractivity contribution in [2.24, 2.45) is 12.8 Å². The van der Waals surface area contributed by atoms with Crippen LogP contribution in [0.3, 0.4) is 0 Å². The van der Waals surface area contributed by atoms with Crippen LogP contribution in [0, 0.1) is 0 Å². The fraction of sp³-hybridized carbons (Fsp3) is 0.571. The van der Waals surface area contributed by atoms with Gasteiger partial charge in [0.05, 0.1) is 0 Å². The van der Waals surface area contributed by atoms with Gasteiger partial charge in [-0.2, -0.15) is 0 Å². The second-order valence-corrected chi connectivity index (χ2v) is 5.69. The number of piperidine rings is 1. The summed E-state index contributed by atoms with van der Waals surface area (Å²) in [6.45, 7) is 0. The Morgan fingerprint density at radius 1 is 1.32 bits per heavy atom. The highest BCUT2D eigenvalue weighted by molar-refractivity contribution is 5.94. The van der Waals surface area contributed by atoms with Gasteiger partial charge in [-0.3, -0.25) is 9.59 Å². The lowest BCUT2D eigenvalue weighted by Gasteiger charge is -2.37. The van der Waals surface area contributed by atoms with Gasteiger partial charge in [0.2, 0.25) is 0 Å². The van der Waals surface area contributed by atoms with Crippen LogP contribution < -0.4 is 11.3 Å². The highest BCUT2D eigenvalue weighted by Crippen LogP contribution is 2.35. The molecule has 2 fully saturated rings. The van der Waals surface area contributed by atoms with E-state index in [-0.39, 0.29) is 29.6 Å². The summed E-state index contributed by atoms with van der Waals surface area (Å²) >= 11 is 0. The average molecular weight is 261 g/mol. The zero-order valence-corrected chi connectivity index (χ0v) is 11.1. The van der Waals surface area contributed by atoms with Crippen LogP contribution in [0.15, 0.2) is 23.1 Å². The van der Waals surface area contributed by atoms with E-state index in [2.05, 4.69) is 0 Å². The van der Waals surface area contributed by atoms with Crippen molar-refractivity contribution in [3.8, 4) is 0 Å². The molecule has 2 aliphatic rings. The first-order valence-electron chi connectivity index (χ1n) is 6.81. The summed E-state index contributed by atoms with van der Waals surface area (Å²) in [6, 6.07) is 3.87. The van der Waals surface area contributed by atoms with Crippen molar-refractivity contribution in [2.75, 3.05) is 0 Å². The standard InChI is InChI=1S/C14H19N3O2/c1-16-5-4-9(6-13(16)18)14(19)17-11-2-3-12(17)8-10(15)7-11/h4-6,10-12H,2-3,7-8,15H2,1H3. The van der Waals surface area contributed by atoms with Crippen LogP contribution in [0.1, 0.15) is 36.0 Å². The normalized spacial score (nSPS) is 29.6. The molecule has 5 nitrogen and oxygen atoms in total. The summed E-state index contributed by atoms with van der Waals surface area (Å²) in [7, 11) is 1.68. The molecule has 3 rings (SSSR count). The van der Waals surface area contributed by atoms with Crippen LogP contribution >= 0.6 is 0 Å². The molecule has 102 valence electrons. The molecule has 1 aromatic heterocycles. The number of nitrogens with two attached hydrogens (primary N) is 1. The van der Waals surface area contributed by atoms with E-state index in [0.29, 0.717) is 5.56 Å². The van der Waals surface area contributed by atoms with Crippen LogP contribution in [-0.4, -0.2) is 33.5 Å². The predicted octanol–water partition coefficient (Wildman–Crippen LogP) is 0.480. The molecule has 2 saturated heterocycles. The lowest BCUT2D eigenvalue weighted by atomic mass is 9.97. The minimum atomic E-state index is -0.146. The Morgan fingerprint density at radius 3 is 2.53 bits per heavy atom. The Kier molecular flexibility index (Phi) is 2.93. The Balaban J connectivity index is 1.88. The first kappa shape index (κ1) is 12.4. The molecule has 0 radical (unpaired) electrons. The SMILES string of the molecule is Cn1ccc(C(=O)N2C3CCC2CC(N)C3)cc1=O. The van der Waals surface area contributed by atoms with Crippen LogP contribution in [0.2, 0.25) is 0 Å². The Bertz CT molecular complexity index is 552. The molecule has 0 saturated carbocycles. The summed E-state index contributed by atoms with van der Waals surface area (Å²) in [5, 5.41) is 0. The van der Waals surface area contributed by atoms with Crippen molar-refractivity contribution >= 4 is 5.91 Å². The number of aryl methyl sites for hydroxylation is 1. The number of pyridine rings is 1. The molecule has 1 amide bonds. The Labute approximate surface area is 112 Å². The van der Waals surface area contributed by atoms with Gasteiger partial charge >= 0.3 is 0 Å². The molecule has 0 aromatic carbocycles. The van der Waals surface area contributed by atoms with Gasteiger partial charge in [-0.05, 0) is 31.7 Å². The van der Waals surface area contributed by atoms with E-state index < -0.39 is 0 Å². The molecule has 2 atom stereocenters. The number of amides is 1. The van der Waals surface area contributed by atoms with Crippen LogP contribution in [0.25, 0.3) is 0 Å². The third-order valence-corrected chi connectivity index (χ3v) is 4.36. The largest absolute Gasteiger partial charge is 0.333 e. The van der Waals surface area contributed by atoms with Gasteiger partial charge in [0.25, 0.3) is 11.5 Å². The van der Waals surface area contributed by atoms with Crippen molar-refractivity contribution in [1.29, 1.82) is 0 Å². The molecule has 0 aliphatic carbocycles. The van der Waals surface area contributed by atoms with Crippen molar-refractivity contribution in [1.82, 2.24) is 9.47 Å². The number of carbonyl (C=O) groups is 1. The fourth-order valence-corrected chi connectivity index (χ4v) is 3.38. The van der Waals surface area contributed by atoms with Crippen molar-refractivity contribution in [3.05, 3.63) is 34.2 Å². The van der Waals surface area contributed by atoms with E-state index in [1.54, 1.807) is 19.3 Å². The van der Waals surface area contributed by atoms with Crippen molar-refractivity contribution in [3.63, 3.8) is 0 Å². The first-order chi connectivity index (χ1) is 9.06. The highest BCUT2D eigenvalue weighted by Gasteiger charge is 2.42. The Morgan fingerprint density at radius 2 is 1.95 bits per heavy atom. The molecular weight excluding hydrogens is 242 g/mol. The number of nitrogens with zero attached hydrogens (tertiary/aromatic N) is 2. The van der Waals surface area contributed by atoms with Gasteiger partial charge in [-0.1, -0.05) is 0 Å². The van der Waals surface area contributed by atoms with Crippen molar-refractivity contribution < 1.29 is 4.79 Å². The number of rotatable bonds is 1. The number of hydrogen-bond donors (Lipinski definition) is 1. The molecule has 5 heteroatoms. The lowest BCUT2D eigenvalue weighted by molar-refractivity contribution is 0.0575. The van der Waals surface area contributed by atoms with E-state index in [1.165, 1.54) is 10.6 Å². The summed E-state index contributed by atoms with van der Waals surface area (Å²) in [6.07, 6.45) is 5.48. The van der Waals surface area contributed by atoms with Gasteiger partial charge in [-0.15, -0.1) is 0 Å². The fourth-order valence-electron chi connectivity index (χ4n) is 3.38. The van der Waals surface area contributed by atoms with Crippen LogP contribution in [0.5, 0.6) is 0 Å². The highest BCUT2D eigenvalue weighted by atomic mass is 16.2. The Hall–Kier alpha value is -1.62. The first-order valence-corrected chi connectivity index (χ1v) is 6.81. The molecule has 2 bridgehead atoms. The van der Waals surface area contributed by atoms with E-state index in [1.807, 2.05) is 4.90 Å². The number of aromatic nitrogens is 1. The second-order valence-electron chi connectivity index (χ2n) is 5.69. The van der Waals surface area contributed by atoms with E-state index in [9.17, 15) is 9.59 Å². The summed E-state index contributed by atoms with van der Waals surface area (Å²) in [4.78, 5) is 26.2. The number of hydrogen-bond acceptors (Lipinski definition) is 3. The molecule has 3 heterocycles. The topological polar surface area (TPSA) is 68.3 Å². The maximum atomic E-state index is 12.6. The average Bonchev–Trinajstić information content (AvgIpc) is 2.64. The molecule has 2 N–H and O–H groups in total. The summed E-state index contributed by atoms with van der Waals surface area (Å²) in [5.74, 6) is -0.0166. The zero-order valence-electron chi connectivity index (χ0n) is 11.1. The quantitative estimate of drug-likeness (QED) is 0.799. The summed E-state index contributed by atoms with van der Waals surface area (Å²) in [5.41, 5.74) is 6.36. The molecular formula is C14H19N3O2.